The van der Waals surface area contributed by atoms with Crippen molar-refractivity contribution in [1.29, 1.82) is 0 Å². The molecule has 11 nitrogen and oxygen atoms in total. The Morgan fingerprint density at radius 1 is 1.19 bits per heavy atom. The zero-order chi connectivity index (χ0) is 19.7. The summed E-state index contributed by atoms with van der Waals surface area (Å²) in [5.74, 6) is -0.613. The molecule has 0 spiro atoms. The highest BCUT2D eigenvalue weighted by Gasteiger charge is 2.17. The van der Waals surface area contributed by atoms with Crippen molar-refractivity contribution in [2.45, 2.75) is 6.54 Å². The first-order valence-electron chi connectivity index (χ1n) is 7.73. The molecule has 0 atom stereocenters. The summed E-state index contributed by atoms with van der Waals surface area (Å²) in [6, 6.07) is 4.22. The highest BCUT2D eigenvalue weighted by Crippen LogP contribution is 2.03. The number of hydrogen-bond donors (Lipinski definition) is 2. The summed E-state index contributed by atoms with van der Waals surface area (Å²) in [5.41, 5.74) is -3.19. The molecule has 27 heavy (non-hydrogen) atoms. The topological polar surface area (TPSA) is 141 Å². The monoisotopic (exact) mass is 373 g/mol. The summed E-state index contributed by atoms with van der Waals surface area (Å²) in [6.07, 6.45) is 2.36. The molecule has 140 valence electrons. The number of H-pyrrole nitrogens is 1. The fraction of sp³-hybridized carbons (Fsp3) is 0.188. The van der Waals surface area contributed by atoms with Gasteiger partial charge in [-0.05, 0) is 12.1 Å². The van der Waals surface area contributed by atoms with Gasteiger partial charge in [0.05, 0.1) is 12.8 Å². The van der Waals surface area contributed by atoms with E-state index in [-0.39, 0.29) is 17.9 Å². The summed E-state index contributed by atoms with van der Waals surface area (Å²) >= 11 is 0. The van der Waals surface area contributed by atoms with Crippen LogP contribution in [0.3, 0.4) is 0 Å². The van der Waals surface area contributed by atoms with Crippen LogP contribution in [0.1, 0.15) is 16.1 Å². The molecule has 0 unspecified atom stereocenters. The molecule has 3 aromatic rings. The van der Waals surface area contributed by atoms with Crippen molar-refractivity contribution in [1.82, 2.24) is 18.7 Å². The van der Waals surface area contributed by atoms with E-state index in [1.807, 2.05) is 0 Å². The van der Waals surface area contributed by atoms with Crippen molar-refractivity contribution >= 4 is 11.7 Å². The van der Waals surface area contributed by atoms with E-state index in [4.69, 9.17) is 4.42 Å². The zero-order valence-electron chi connectivity index (χ0n) is 14.4. The molecule has 0 saturated heterocycles. The van der Waals surface area contributed by atoms with Crippen LogP contribution in [0.4, 0.5) is 5.82 Å². The second-order valence-corrected chi connectivity index (χ2v) is 5.70. The largest absolute Gasteiger partial charge is 0.467 e. The van der Waals surface area contributed by atoms with E-state index in [1.54, 1.807) is 12.1 Å². The lowest BCUT2D eigenvalue weighted by Gasteiger charge is -2.11. The number of aromatic nitrogens is 4. The number of anilines is 1. The van der Waals surface area contributed by atoms with Crippen LogP contribution in [0.15, 0.2) is 54.3 Å². The summed E-state index contributed by atoms with van der Waals surface area (Å²) in [7, 11) is 2.66. The summed E-state index contributed by atoms with van der Waals surface area (Å²) in [6.45, 7) is -0.160. The number of furan rings is 1. The van der Waals surface area contributed by atoms with Gasteiger partial charge in [0, 0.05) is 26.4 Å². The fourth-order valence-electron chi connectivity index (χ4n) is 2.41. The number of carbonyl (C=O) groups is 1. The maximum Gasteiger partial charge on any atom is 0.332 e. The standard InChI is InChI=1S/C16H15N5O6/c1-19-11(6-12(22)20(2)16(19)26)18-13(23)10-7-17-15(25)21(14(10)24)8-9-4-3-5-27-9/h3-7H,8H2,1-2H3,(H,17,25)(H,18,23). The number of carbonyl (C=O) groups excluding carboxylic acids is 1. The first-order chi connectivity index (χ1) is 12.8. The number of rotatable bonds is 4. The van der Waals surface area contributed by atoms with E-state index in [0.29, 0.717) is 5.76 Å². The average molecular weight is 373 g/mol. The van der Waals surface area contributed by atoms with Crippen molar-refractivity contribution in [2.24, 2.45) is 14.1 Å². The highest BCUT2D eigenvalue weighted by molar-refractivity contribution is 6.03. The van der Waals surface area contributed by atoms with Gasteiger partial charge in [-0.25, -0.2) is 9.59 Å². The predicted molar refractivity (Wildman–Crippen MR) is 94.0 cm³/mol. The Bertz CT molecular complexity index is 1240. The average Bonchev–Trinajstić information content (AvgIpc) is 3.14. The molecular weight excluding hydrogens is 358 g/mol. The number of hydrogen-bond acceptors (Lipinski definition) is 6. The molecule has 3 rings (SSSR count). The van der Waals surface area contributed by atoms with Crippen LogP contribution in [0.2, 0.25) is 0 Å². The van der Waals surface area contributed by atoms with Crippen LogP contribution in [-0.4, -0.2) is 24.6 Å². The van der Waals surface area contributed by atoms with Crippen molar-refractivity contribution < 1.29 is 9.21 Å². The van der Waals surface area contributed by atoms with Crippen molar-refractivity contribution in [2.75, 3.05) is 5.32 Å². The minimum atomic E-state index is -0.882. The number of nitrogens with one attached hydrogen (secondary N) is 2. The van der Waals surface area contributed by atoms with Crippen LogP contribution in [-0.2, 0) is 20.6 Å². The molecule has 0 fully saturated rings. The molecule has 11 heteroatoms. The Kier molecular flexibility index (Phi) is 4.50. The van der Waals surface area contributed by atoms with Gasteiger partial charge in [-0.2, -0.15) is 0 Å². The molecule has 3 aromatic heterocycles. The first-order valence-corrected chi connectivity index (χ1v) is 7.73. The maximum absolute atomic E-state index is 12.5. The quantitative estimate of drug-likeness (QED) is 0.590. The van der Waals surface area contributed by atoms with Crippen LogP contribution in [0, 0.1) is 0 Å². The van der Waals surface area contributed by atoms with Gasteiger partial charge < -0.3 is 14.7 Å². The lowest BCUT2D eigenvalue weighted by atomic mass is 10.3. The molecule has 1 amide bonds. The van der Waals surface area contributed by atoms with Crippen molar-refractivity contribution in [3.05, 3.63) is 83.7 Å². The molecular formula is C16H15N5O6. The van der Waals surface area contributed by atoms with Gasteiger partial charge in [-0.1, -0.05) is 0 Å². The Balaban J connectivity index is 1.99. The van der Waals surface area contributed by atoms with E-state index in [0.717, 1.165) is 26.0 Å². The molecule has 0 aliphatic carbocycles. The third kappa shape index (κ3) is 3.29. The van der Waals surface area contributed by atoms with Crippen LogP contribution >= 0.6 is 0 Å². The van der Waals surface area contributed by atoms with E-state index >= 15 is 0 Å². The number of nitrogens with zero attached hydrogens (tertiary/aromatic N) is 3. The predicted octanol–water partition coefficient (Wildman–Crippen LogP) is -1.17. The van der Waals surface area contributed by atoms with E-state index in [2.05, 4.69) is 10.3 Å². The highest BCUT2D eigenvalue weighted by atomic mass is 16.3. The number of amides is 1. The fourth-order valence-corrected chi connectivity index (χ4v) is 2.41. The number of aromatic amines is 1. The Hall–Kier alpha value is -3.89. The third-order valence-electron chi connectivity index (χ3n) is 3.97. The lowest BCUT2D eigenvalue weighted by Crippen LogP contribution is -2.41. The Morgan fingerprint density at radius 2 is 1.93 bits per heavy atom. The van der Waals surface area contributed by atoms with Crippen molar-refractivity contribution in [3.63, 3.8) is 0 Å². The van der Waals surface area contributed by atoms with Gasteiger partial charge in [0.15, 0.2) is 0 Å². The van der Waals surface area contributed by atoms with Crippen LogP contribution < -0.4 is 27.8 Å². The van der Waals surface area contributed by atoms with Gasteiger partial charge >= 0.3 is 11.4 Å². The Labute approximate surface area is 150 Å². The van der Waals surface area contributed by atoms with E-state index in [1.165, 1.54) is 20.4 Å². The molecule has 0 aliphatic rings. The van der Waals surface area contributed by atoms with Crippen molar-refractivity contribution in [3.8, 4) is 0 Å². The minimum absolute atomic E-state index is 0.0868. The van der Waals surface area contributed by atoms with Crippen LogP contribution in [0.25, 0.3) is 0 Å². The van der Waals surface area contributed by atoms with Crippen LogP contribution in [0.5, 0.6) is 0 Å². The molecule has 0 aromatic carbocycles. The lowest BCUT2D eigenvalue weighted by molar-refractivity contribution is 0.102. The molecule has 2 N–H and O–H groups in total. The van der Waals surface area contributed by atoms with Gasteiger partial charge in [0.25, 0.3) is 17.0 Å². The summed E-state index contributed by atoms with van der Waals surface area (Å²) in [5, 5.41) is 2.33. The maximum atomic E-state index is 12.5. The first kappa shape index (κ1) is 17.9. The van der Waals surface area contributed by atoms with Gasteiger partial charge in [-0.15, -0.1) is 0 Å². The SMILES string of the molecule is Cn1c(NC(=O)c2c[nH]c(=O)n(Cc3ccco3)c2=O)cc(=O)n(C)c1=O. The molecule has 0 saturated carbocycles. The third-order valence-corrected chi connectivity index (χ3v) is 3.97. The van der Waals surface area contributed by atoms with Gasteiger partial charge in [0.2, 0.25) is 0 Å². The second kappa shape index (κ2) is 6.78. The molecule has 0 radical (unpaired) electrons. The normalized spacial score (nSPS) is 10.7. The molecule has 3 heterocycles. The zero-order valence-corrected chi connectivity index (χ0v) is 14.4. The molecule has 0 bridgehead atoms. The molecule has 0 aliphatic heterocycles. The smallest absolute Gasteiger partial charge is 0.332 e. The van der Waals surface area contributed by atoms with E-state index in [9.17, 15) is 24.0 Å². The Morgan fingerprint density at radius 3 is 2.59 bits per heavy atom. The minimum Gasteiger partial charge on any atom is -0.467 e. The summed E-state index contributed by atoms with van der Waals surface area (Å²) in [4.78, 5) is 62.9. The second-order valence-electron chi connectivity index (χ2n) is 5.70. The van der Waals surface area contributed by atoms with Gasteiger partial charge in [-0.3, -0.25) is 28.1 Å². The van der Waals surface area contributed by atoms with Gasteiger partial charge in [0.1, 0.15) is 17.1 Å². The van der Waals surface area contributed by atoms with E-state index < -0.39 is 28.4 Å². The summed E-state index contributed by atoms with van der Waals surface area (Å²) < 4.78 is 7.83.